The van der Waals surface area contributed by atoms with Gasteiger partial charge < -0.3 is 10.2 Å². The molecule has 0 aliphatic carbocycles. The van der Waals surface area contributed by atoms with Crippen molar-refractivity contribution in [2.45, 2.75) is 32.4 Å². The van der Waals surface area contributed by atoms with Crippen molar-refractivity contribution < 1.29 is 31.2 Å². The summed E-state index contributed by atoms with van der Waals surface area (Å²) in [6, 6.07) is 15.9. The van der Waals surface area contributed by atoms with E-state index < -0.39 is 51.9 Å². The molecular formula is C28H30F3N3O4S. The number of rotatable bonds is 12. The van der Waals surface area contributed by atoms with E-state index in [-0.39, 0.29) is 24.2 Å². The zero-order valence-electron chi connectivity index (χ0n) is 21.6. The lowest BCUT2D eigenvalue weighted by Gasteiger charge is -2.33. The van der Waals surface area contributed by atoms with Gasteiger partial charge in [-0.25, -0.2) is 21.6 Å². The van der Waals surface area contributed by atoms with E-state index in [1.807, 2.05) is 6.92 Å². The summed E-state index contributed by atoms with van der Waals surface area (Å²) in [6.07, 6.45) is 1.52. The first kappa shape index (κ1) is 29.7. The maximum absolute atomic E-state index is 14.7. The van der Waals surface area contributed by atoms with Gasteiger partial charge >= 0.3 is 0 Å². The van der Waals surface area contributed by atoms with Crippen molar-refractivity contribution in [1.82, 2.24) is 10.2 Å². The molecule has 39 heavy (non-hydrogen) atoms. The molecule has 0 aliphatic rings. The van der Waals surface area contributed by atoms with Crippen molar-refractivity contribution in [2.24, 2.45) is 0 Å². The number of nitrogens with zero attached hydrogens (tertiary/aromatic N) is 2. The van der Waals surface area contributed by atoms with Gasteiger partial charge in [0.2, 0.25) is 21.8 Å². The van der Waals surface area contributed by atoms with Crippen LogP contribution in [0, 0.1) is 17.5 Å². The summed E-state index contributed by atoms with van der Waals surface area (Å²) in [7, 11) is -4.15. The molecule has 1 N–H and O–H groups in total. The van der Waals surface area contributed by atoms with Gasteiger partial charge in [-0.2, -0.15) is 0 Å². The van der Waals surface area contributed by atoms with Crippen molar-refractivity contribution in [1.29, 1.82) is 0 Å². The molecule has 208 valence electrons. The van der Waals surface area contributed by atoms with Crippen molar-refractivity contribution in [3.8, 4) is 0 Å². The lowest BCUT2D eigenvalue weighted by Crippen LogP contribution is -2.53. The van der Waals surface area contributed by atoms with Crippen molar-refractivity contribution in [3.05, 3.63) is 101 Å². The summed E-state index contributed by atoms with van der Waals surface area (Å²) in [5.41, 5.74) is 0.567. The SMILES string of the molecule is CCCNC(=O)C(Cc1ccccc1)N(Cc1ccccc1F)C(=O)CN(c1ccc(F)c(F)c1)S(C)(=O)=O. The Morgan fingerprint density at radius 1 is 0.897 bits per heavy atom. The first-order valence-electron chi connectivity index (χ1n) is 12.3. The molecule has 0 heterocycles. The molecule has 0 aromatic heterocycles. The number of carbonyl (C=O) groups is 2. The number of anilines is 1. The van der Waals surface area contributed by atoms with Gasteiger partial charge in [0.15, 0.2) is 11.6 Å². The van der Waals surface area contributed by atoms with Gasteiger partial charge in [0.1, 0.15) is 18.4 Å². The molecule has 0 saturated heterocycles. The largest absolute Gasteiger partial charge is 0.354 e. The number of sulfonamides is 1. The standard InChI is InChI=1S/C28H30F3N3O4S/c1-3-15-32-28(36)26(16-20-9-5-4-6-10-20)33(18-21-11-7-8-12-23(21)29)27(35)19-34(39(2,37)38)22-13-14-24(30)25(31)17-22/h4-14,17,26H,3,15-16,18-19H2,1-2H3,(H,32,36). The Morgan fingerprint density at radius 3 is 2.18 bits per heavy atom. The zero-order chi connectivity index (χ0) is 28.6. The van der Waals surface area contributed by atoms with Crippen LogP contribution in [0.15, 0.2) is 72.8 Å². The van der Waals surface area contributed by atoms with Gasteiger partial charge in [-0.3, -0.25) is 13.9 Å². The highest BCUT2D eigenvalue weighted by Crippen LogP contribution is 2.23. The molecule has 1 atom stereocenters. The Hall–Kier alpha value is -3.86. The fourth-order valence-electron chi connectivity index (χ4n) is 3.98. The molecule has 11 heteroatoms. The van der Waals surface area contributed by atoms with Gasteiger partial charge in [-0.05, 0) is 30.2 Å². The third-order valence-corrected chi connectivity index (χ3v) is 7.13. The zero-order valence-corrected chi connectivity index (χ0v) is 22.4. The normalized spacial score (nSPS) is 12.0. The Kier molecular flexibility index (Phi) is 10.1. The van der Waals surface area contributed by atoms with Gasteiger partial charge in [0.05, 0.1) is 11.9 Å². The number of nitrogens with one attached hydrogen (secondary N) is 1. The molecule has 3 aromatic rings. The Morgan fingerprint density at radius 2 is 1.56 bits per heavy atom. The molecule has 1 unspecified atom stereocenters. The summed E-state index contributed by atoms with van der Waals surface area (Å²) >= 11 is 0. The monoisotopic (exact) mass is 561 g/mol. The molecule has 0 saturated carbocycles. The van der Waals surface area contributed by atoms with Gasteiger partial charge in [0, 0.05) is 31.1 Å². The number of hydrogen-bond donors (Lipinski definition) is 1. The summed E-state index contributed by atoms with van der Waals surface area (Å²) in [4.78, 5) is 28.3. The third kappa shape index (κ3) is 8.06. The van der Waals surface area contributed by atoms with Crippen LogP contribution in [0.4, 0.5) is 18.9 Å². The van der Waals surface area contributed by atoms with E-state index in [4.69, 9.17) is 0 Å². The second-order valence-corrected chi connectivity index (χ2v) is 10.9. The van der Waals surface area contributed by atoms with Crippen LogP contribution in [0.3, 0.4) is 0 Å². The minimum Gasteiger partial charge on any atom is -0.354 e. The highest BCUT2D eigenvalue weighted by Gasteiger charge is 2.33. The van der Waals surface area contributed by atoms with Gasteiger partial charge in [-0.1, -0.05) is 55.5 Å². The number of amides is 2. The van der Waals surface area contributed by atoms with Crippen LogP contribution in [-0.4, -0.2) is 50.5 Å². The second-order valence-electron chi connectivity index (χ2n) is 8.98. The van der Waals surface area contributed by atoms with E-state index >= 15 is 0 Å². The van der Waals surface area contributed by atoms with Crippen LogP contribution < -0.4 is 9.62 Å². The van der Waals surface area contributed by atoms with Gasteiger partial charge in [0.25, 0.3) is 0 Å². The minimum absolute atomic E-state index is 0.0701. The van der Waals surface area contributed by atoms with Crippen LogP contribution in [0.5, 0.6) is 0 Å². The first-order chi connectivity index (χ1) is 18.5. The van der Waals surface area contributed by atoms with Gasteiger partial charge in [-0.15, -0.1) is 0 Å². The Balaban J connectivity index is 2.06. The van der Waals surface area contributed by atoms with E-state index in [0.29, 0.717) is 23.3 Å². The molecule has 3 rings (SSSR count). The van der Waals surface area contributed by atoms with Crippen molar-refractivity contribution >= 4 is 27.5 Å². The Labute approximate surface area is 226 Å². The smallest absolute Gasteiger partial charge is 0.244 e. The summed E-state index contributed by atoms with van der Waals surface area (Å²) in [6.45, 7) is 1.03. The molecule has 0 fully saturated rings. The second kappa shape index (κ2) is 13.3. The molecular weight excluding hydrogens is 531 g/mol. The van der Waals surface area contributed by atoms with Crippen molar-refractivity contribution in [3.63, 3.8) is 0 Å². The van der Waals surface area contributed by atoms with E-state index in [0.717, 1.165) is 28.9 Å². The maximum atomic E-state index is 14.7. The molecule has 3 aromatic carbocycles. The van der Waals surface area contributed by atoms with Crippen LogP contribution in [0.25, 0.3) is 0 Å². The number of hydrogen-bond acceptors (Lipinski definition) is 4. The van der Waals surface area contributed by atoms with Crippen LogP contribution in [0.1, 0.15) is 24.5 Å². The lowest BCUT2D eigenvalue weighted by molar-refractivity contribution is -0.140. The number of carbonyl (C=O) groups excluding carboxylic acids is 2. The molecule has 2 amide bonds. The highest BCUT2D eigenvalue weighted by molar-refractivity contribution is 7.92. The first-order valence-corrected chi connectivity index (χ1v) is 14.1. The molecule has 0 radical (unpaired) electrons. The van der Waals surface area contributed by atoms with Crippen LogP contribution in [-0.2, 0) is 32.6 Å². The maximum Gasteiger partial charge on any atom is 0.244 e. The topological polar surface area (TPSA) is 86.8 Å². The molecule has 0 bridgehead atoms. The lowest BCUT2D eigenvalue weighted by atomic mass is 10.0. The molecule has 0 aliphatic heterocycles. The van der Waals surface area contributed by atoms with E-state index in [1.165, 1.54) is 18.2 Å². The number of benzene rings is 3. The van der Waals surface area contributed by atoms with E-state index in [2.05, 4.69) is 5.32 Å². The summed E-state index contributed by atoms with van der Waals surface area (Å²) in [5.74, 6) is -4.42. The van der Waals surface area contributed by atoms with Crippen LogP contribution in [0.2, 0.25) is 0 Å². The van der Waals surface area contributed by atoms with Crippen molar-refractivity contribution in [2.75, 3.05) is 23.7 Å². The van der Waals surface area contributed by atoms with E-state index in [1.54, 1.807) is 36.4 Å². The molecule has 7 nitrogen and oxygen atoms in total. The summed E-state index contributed by atoms with van der Waals surface area (Å²) in [5, 5.41) is 2.77. The average molecular weight is 562 g/mol. The fourth-order valence-corrected chi connectivity index (χ4v) is 4.83. The minimum atomic E-state index is -4.15. The Bertz CT molecular complexity index is 1400. The quantitative estimate of drug-likeness (QED) is 0.362. The van der Waals surface area contributed by atoms with Crippen LogP contribution >= 0.6 is 0 Å². The van der Waals surface area contributed by atoms with E-state index in [9.17, 15) is 31.2 Å². The highest BCUT2D eigenvalue weighted by atomic mass is 32.2. The average Bonchev–Trinajstić information content (AvgIpc) is 2.90. The predicted octanol–water partition coefficient (Wildman–Crippen LogP) is 4.04. The third-order valence-electron chi connectivity index (χ3n) is 5.99. The summed E-state index contributed by atoms with van der Waals surface area (Å²) < 4.78 is 68.1. The predicted molar refractivity (Wildman–Crippen MR) is 143 cm³/mol. The number of halogens is 3. The molecule has 0 spiro atoms. The fraction of sp³-hybridized carbons (Fsp3) is 0.286.